The largest absolute Gasteiger partial charge is 0.450 e. The first-order valence-electron chi connectivity index (χ1n) is 8.63. The predicted octanol–water partition coefficient (Wildman–Crippen LogP) is 2.71. The number of hydrogen-bond acceptors (Lipinski definition) is 4. The summed E-state index contributed by atoms with van der Waals surface area (Å²) in [6.45, 7) is 8.22. The van der Waals surface area contributed by atoms with Gasteiger partial charge in [-0.25, -0.2) is 4.79 Å². The number of carbonyl (C=O) groups is 1. The number of amides is 1. The summed E-state index contributed by atoms with van der Waals surface area (Å²) in [5, 5.41) is 14.2. The fourth-order valence-electron chi connectivity index (χ4n) is 3.12. The van der Waals surface area contributed by atoms with Crippen molar-refractivity contribution in [1.29, 1.82) is 0 Å². The average molecular weight is 331 g/mol. The maximum atomic E-state index is 10.7. The second-order valence-electron chi connectivity index (χ2n) is 7.72. The molecule has 0 spiro atoms. The minimum atomic E-state index is -1.10. The molecule has 1 aliphatic rings. The Morgan fingerprint density at radius 2 is 1.95 bits per heavy atom. The molecule has 0 aliphatic heterocycles. The lowest BCUT2D eigenvalue weighted by Crippen LogP contribution is -2.46. The van der Waals surface area contributed by atoms with Crippen molar-refractivity contribution >= 4 is 14.2 Å². The molecular weight excluding hydrogens is 296 g/mol. The van der Waals surface area contributed by atoms with Crippen LogP contribution in [-0.4, -0.2) is 44.6 Å². The highest BCUT2D eigenvalue weighted by molar-refractivity contribution is 6.76. The van der Waals surface area contributed by atoms with Crippen LogP contribution in [0.5, 0.6) is 0 Å². The molecule has 5 nitrogen and oxygen atoms in total. The molecule has 0 heterocycles. The smallest absolute Gasteiger partial charge is 0.404 e. The fraction of sp³-hybridized carbons (Fsp3) is 0.938. The lowest BCUT2D eigenvalue weighted by Gasteiger charge is -2.33. The van der Waals surface area contributed by atoms with Crippen LogP contribution in [0.2, 0.25) is 25.7 Å². The van der Waals surface area contributed by atoms with Crippen molar-refractivity contribution in [1.82, 2.24) is 5.32 Å². The predicted molar refractivity (Wildman–Crippen MR) is 92.7 cm³/mol. The molecule has 0 aromatic carbocycles. The van der Waals surface area contributed by atoms with Gasteiger partial charge in [-0.05, 0) is 37.8 Å². The molecule has 2 unspecified atom stereocenters. The highest BCUT2D eigenvalue weighted by Crippen LogP contribution is 2.28. The van der Waals surface area contributed by atoms with Gasteiger partial charge in [0.1, 0.15) is 0 Å². The van der Waals surface area contributed by atoms with Crippen LogP contribution in [0.1, 0.15) is 38.5 Å². The molecule has 0 bridgehead atoms. The van der Waals surface area contributed by atoms with Gasteiger partial charge < -0.3 is 20.9 Å². The zero-order chi connectivity index (χ0) is 16.6. The molecule has 4 N–H and O–H groups in total. The van der Waals surface area contributed by atoms with Crippen LogP contribution in [0.25, 0.3) is 0 Å². The van der Waals surface area contributed by atoms with E-state index >= 15 is 0 Å². The summed E-state index contributed by atoms with van der Waals surface area (Å²) < 4.78 is 4.85. The van der Waals surface area contributed by atoms with Gasteiger partial charge in [-0.1, -0.05) is 38.9 Å². The molecule has 1 saturated carbocycles. The van der Waals surface area contributed by atoms with Crippen molar-refractivity contribution in [3.05, 3.63) is 0 Å². The number of nitrogens with two attached hydrogens (primary N) is 1. The summed E-state index contributed by atoms with van der Waals surface area (Å²) in [5.41, 5.74) is 5.02. The molecule has 0 radical (unpaired) electrons. The van der Waals surface area contributed by atoms with Crippen molar-refractivity contribution in [2.24, 2.45) is 11.7 Å². The standard InChI is InChI=1S/C16H34N2O3Si/c1-22(2,3)12-10-18-14(9-11-21-16(17)20)15(19)13-7-5-4-6-8-13/h13-15,18-19H,4-12H2,1-3H3,(H2,17,20). The van der Waals surface area contributed by atoms with Crippen molar-refractivity contribution in [3.63, 3.8) is 0 Å². The number of carbonyl (C=O) groups excluding carboxylic acids is 1. The number of hydrogen-bond donors (Lipinski definition) is 3. The Bertz CT molecular complexity index is 328. The molecule has 130 valence electrons. The first-order valence-corrected chi connectivity index (χ1v) is 12.3. The summed E-state index contributed by atoms with van der Waals surface area (Å²) in [4.78, 5) is 10.7. The monoisotopic (exact) mass is 330 g/mol. The third-order valence-electron chi connectivity index (χ3n) is 4.50. The third kappa shape index (κ3) is 8.15. The number of aliphatic hydroxyl groups excluding tert-OH is 1. The average Bonchev–Trinajstić information content (AvgIpc) is 2.44. The van der Waals surface area contributed by atoms with Crippen LogP contribution in [0.3, 0.4) is 0 Å². The van der Waals surface area contributed by atoms with E-state index in [2.05, 4.69) is 25.0 Å². The van der Waals surface area contributed by atoms with Crippen molar-refractivity contribution in [3.8, 4) is 0 Å². The number of aliphatic hydroxyl groups is 1. The Morgan fingerprint density at radius 1 is 1.32 bits per heavy atom. The molecule has 6 heteroatoms. The number of primary amides is 1. The van der Waals surface area contributed by atoms with Gasteiger partial charge in [0.15, 0.2) is 0 Å². The van der Waals surface area contributed by atoms with E-state index in [1.54, 1.807) is 0 Å². The molecule has 22 heavy (non-hydrogen) atoms. The van der Waals surface area contributed by atoms with E-state index in [9.17, 15) is 9.90 Å². The zero-order valence-electron chi connectivity index (χ0n) is 14.4. The van der Waals surface area contributed by atoms with E-state index in [1.807, 2.05) is 0 Å². The number of nitrogens with one attached hydrogen (secondary N) is 1. The van der Waals surface area contributed by atoms with Gasteiger partial charge in [-0.3, -0.25) is 0 Å². The van der Waals surface area contributed by atoms with Gasteiger partial charge in [-0.15, -0.1) is 0 Å². The molecule has 0 saturated heterocycles. The van der Waals surface area contributed by atoms with Crippen LogP contribution in [0, 0.1) is 5.92 Å². The lowest BCUT2D eigenvalue weighted by atomic mass is 9.82. The normalized spacial score (nSPS) is 19.6. The Balaban J connectivity index is 2.49. The van der Waals surface area contributed by atoms with Gasteiger partial charge in [-0.2, -0.15) is 0 Å². The summed E-state index contributed by atoms with van der Waals surface area (Å²) in [5.74, 6) is 0.367. The summed E-state index contributed by atoms with van der Waals surface area (Å²) >= 11 is 0. The molecule has 1 fully saturated rings. The maximum absolute atomic E-state index is 10.7. The lowest BCUT2D eigenvalue weighted by molar-refractivity contribution is 0.0401. The summed E-state index contributed by atoms with van der Waals surface area (Å²) in [7, 11) is -1.10. The van der Waals surface area contributed by atoms with Gasteiger partial charge in [0, 0.05) is 14.1 Å². The van der Waals surface area contributed by atoms with E-state index in [1.165, 1.54) is 25.3 Å². The van der Waals surface area contributed by atoms with Crippen LogP contribution in [0.4, 0.5) is 4.79 Å². The first-order chi connectivity index (χ1) is 10.3. The minimum absolute atomic E-state index is 0.0150. The quantitative estimate of drug-likeness (QED) is 0.568. The van der Waals surface area contributed by atoms with E-state index in [-0.39, 0.29) is 18.8 Å². The van der Waals surface area contributed by atoms with Crippen LogP contribution < -0.4 is 11.1 Å². The Hall–Kier alpha value is -0.593. The van der Waals surface area contributed by atoms with E-state index in [0.29, 0.717) is 12.3 Å². The SMILES string of the molecule is C[Si](C)(C)CCNC(CCOC(N)=O)C(O)C1CCCCC1. The second-order valence-corrected chi connectivity index (χ2v) is 13.3. The molecule has 2 atom stereocenters. The van der Waals surface area contributed by atoms with Crippen molar-refractivity contribution in [2.45, 2.75) is 76.4 Å². The molecule has 1 aliphatic carbocycles. The van der Waals surface area contributed by atoms with Crippen LogP contribution >= 0.6 is 0 Å². The summed E-state index contributed by atoms with van der Waals surface area (Å²) in [6, 6.07) is 1.16. The van der Waals surface area contributed by atoms with E-state index in [0.717, 1.165) is 19.4 Å². The fourth-order valence-corrected chi connectivity index (χ4v) is 4.01. The molecule has 0 aromatic rings. The van der Waals surface area contributed by atoms with Crippen LogP contribution in [-0.2, 0) is 4.74 Å². The van der Waals surface area contributed by atoms with Gasteiger partial charge in [0.2, 0.25) is 0 Å². The van der Waals surface area contributed by atoms with E-state index < -0.39 is 14.2 Å². The minimum Gasteiger partial charge on any atom is -0.450 e. The van der Waals surface area contributed by atoms with Gasteiger partial charge in [0.25, 0.3) is 0 Å². The highest BCUT2D eigenvalue weighted by Gasteiger charge is 2.29. The number of rotatable bonds is 9. The van der Waals surface area contributed by atoms with Gasteiger partial charge >= 0.3 is 6.09 Å². The van der Waals surface area contributed by atoms with Crippen molar-refractivity contribution in [2.75, 3.05) is 13.2 Å². The topological polar surface area (TPSA) is 84.6 Å². The first kappa shape index (κ1) is 19.5. The van der Waals surface area contributed by atoms with E-state index in [4.69, 9.17) is 10.5 Å². The number of ether oxygens (including phenoxy) is 1. The highest BCUT2D eigenvalue weighted by atomic mass is 28.3. The Morgan fingerprint density at radius 3 is 2.50 bits per heavy atom. The van der Waals surface area contributed by atoms with Gasteiger partial charge in [0.05, 0.1) is 12.7 Å². The Kier molecular flexibility index (Phi) is 8.42. The Labute approximate surface area is 136 Å². The molecule has 0 aromatic heterocycles. The van der Waals surface area contributed by atoms with Crippen LogP contribution in [0.15, 0.2) is 0 Å². The molecule has 1 rings (SSSR count). The summed E-state index contributed by atoms with van der Waals surface area (Å²) in [6.07, 6.45) is 5.41. The zero-order valence-corrected chi connectivity index (χ0v) is 15.4. The maximum Gasteiger partial charge on any atom is 0.404 e. The molecule has 1 amide bonds. The molecular formula is C16H34N2O3Si. The second kappa shape index (κ2) is 9.52. The van der Waals surface area contributed by atoms with Crippen molar-refractivity contribution < 1.29 is 14.6 Å². The third-order valence-corrected chi connectivity index (χ3v) is 6.25.